The Balaban J connectivity index is 2.59. The Kier molecular flexibility index (Phi) is 2.59. The fraction of sp³-hybridized carbons (Fsp3) is 0.250. The van der Waals surface area contributed by atoms with Crippen molar-refractivity contribution in [2.45, 2.75) is 5.75 Å². The second kappa shape index (κ2) is 3.67. The van der Waals surface area contributed by atoms with Crippen LogP contribution >= 0.6 is 10.7 Å². The van der Waals surface area contributed by atoms with E-state index >= 15 is 0 Å². The lowest BCUT2D eigenvalue weighted by atomic mass is 10.2. The molecule has 1 N–H and O–H groups in total. The standard InChI is InChI=1S/C8H6ClFO5S/c9-16(12,13)2-4-7(11)5(10)1-6-8(4)15-3-14-6/h1,11H,2-3H2. The molecule has 1 aromatic carbocycles. The summed E-state index contributed by atoms with van der Waals surface area (Å²) in [5.41, 5.74) is -0.234. The summed E-state index contributed by atoms with van der Waals surface area (Å²) in [4.78, 5) is 0. The quantitative estimate of drug-likeness (QED) is 0.819. The molecule has 0 spiro atoms. The lowest BCUT2D eigenvalue weighted by molar-refractivity contribution is 0.173. The Morgan fingerprint density at radius 3 is 2.81 bits per heavy atom. The highest BCUT2D eigenvalue weighted by atomic mass is 35.7. The molecule has 1 aliphatic rings. The van der Waals surface area contributed by atoms with E-state index in [0.29, 0.717) is 0 Å². The van der Waals surface area contributed by atoms with Crippen molar-refractivity contribution in [2.24, 2.45) is 0 Å². The van der Waals surface area contributed by atoms with Crippen molar-refractivity contribution < 1.29 is 27.4 Å². The summed E-state index contributed by atoms with van der Waals surface area (Å²) in [6.45, 7) is -0.159. The molecule has 0 saturated heterocycles. The number of halogens is 2. The molecule has 1 aromatic rings. The van der Waals surface area contributed by atoms with Gasteiger partial charge in [-0.2, -0.15) is 0 Å². The lowest BCUT2D eigenvalue weighted by Crippen LogP contribution is -1.99. The second-order valence-electron chi connectivity index (χ2n) is 3.10. The van der Waals surface area contributed by atoms with Crippen LogP contribution in [0.25, 0.3) is 0 Å². The molecular weight excluding hydrogens is 263 g/mol. The summed E-state index contributed by atoms with van der Waals surface area (Å²) < 4.78 is 44.8. The summed E-state index contributed by atoms with van der Waals surface area (Å²) in [6, 6.07) is 0.919. The zero-order valence-corrected chi connectivity index (χ0v) is 9.31. The largest absolute Gasteiger partial charge is 0.505 e. The van der Waals surface area contributed by atoms with Gasteiger partial charge in [-0.3, -0.25) is 0 Å². The molecule has 1 heterocycles. The van der Waals surface area contributed by atoms with Gasteiger partial charge in [-0.25, -0.2) is 12.8 Å². The van der Waals surface area contributed by atoms with Crippen molar-refractivity contribution in [1.29, 1.82) is 0 Å². The van der Waals surface area contributed by atoms with Crippen LogP contribution in [0.3, 0.4) is 0 Å². The van der Waals surface area contributed by atoms with Gasteiger partial charge < -0.3 is 14.6 Å². The van der Waals surface area contributed by atoms with E-state index in [4.69, 9.17) is 20.2 Å². The van der Waals surface area contributed by atoms with Gasteiger partial charge in [-0.05, 0) is 0 Å². The van der Waals surface area contributed by atoms with Crippen molar-refractivity contribution in [3.63, 3.8) is 0 Å². The SMILES string of the molecule is O=S(=O)(Cl)Cc1c(O)c(F)cc2c1OCO2. The molecule has 0 bridgehead atoms. The lowest BCUT2D eigenvalue weighted by Gasteiger charge is -2.07. The number of aromatic hydroxyl groups is 1. The minimum absolute atomic E-state index is 0.00289. The molecule has 1 aliphatic heterocycles. The van der Waals surface area contributed by atoms with Gasteiger partial charge in [0.2, 0.25) is 15.8 Å². The van der Waals surface area contributed by atoms with Crippen molar-refractivity contribution in [3.8, 4) is 17.2 Å². The molecule has 0 fully saturated rings. The summed E-state index contributed by atoms with van der Waals surface area (Å²) in [6.07, 6.45) is 0. The van der Waals surface area contributed by atoms with Crippen LogP contribution in [-0.2, 0) is 14.8 Å². The number of rotatable bonds is 2. The highest BCUT2D eigenvalue weighted by Gasteiger charge is 2.27. The number of benzene rings is 1. The Morgan fingerprint density at radius 2 is 2.19 bits per heavy atom. The van der Waals surface area contributed by atoms with E-state index in [9.17, 15) is 17.9 Å². The third-order valence-electron chi connectivity index (χ3n) is 2.00. The van der Waals surface area contributed by atoms with Crippen molar-refractivity contribution in [2.75, 3.05) is 6.79 Å². The summed E-state index contributed by atoms with van der Waals surface area (Å²) in [7, 11) is 1.11. The van der Waals surface area contributed by atoms with E-state index in [-0.39, 0.29) is 23.9 Å². The molecule has 0 aromatic heterocycles. The minimum atomic E-state index is -3.93. The Labute approximate surface area is 94.8 Å². The molecule has 0 saturated carbocycles. The first-order valence-electron chi connectivity index (χ1n) is 4.11. The average molecular weight is 269 g/mol. The van der Waals surface area contributed by atoms with Gasteiger partial charge in [-0.1, -0.05) is 0 Å². The number of hydrogen-bond acceptors (Lipinski definition) is 5. The molecular formula is C8H6ClFO5S. The predicted molar refractivity (Wildman–Crippen MR) is 52.7 cm³/mol. The molecule has 88 valence electrons. The fourth-order valence-electron chi connectivity index (χ4n) is 1.37. The summed E-state index contributed by atoms with van der Waals surface area (Å²) in [5, 5.41) is 9.39. The van der Waals surface area contributed by atoms with Gasteiger partial charge in [0.05, 0.1) is 11.3 Å². The zero-order valence-electron chi connectivity index (χ0n) is 7.74. The topological polar surface area (TPSA) is 72.8 Å². The van der Waals surface area contributed by atoms with Gasteiger partial charge in [0, 0.05) is 16.7 Å². The van der Waals surface area contributed by atoms with Crippen LogP contribution in [0.4, 0.5) is 4.39 Å². The van der Waals surface area contributed by atoms with E-state index in [1.165, 1.54) is 0 Å². The van der Waals surface area contributed by atoms with Crippen LogP contribution in [0.15, 0.2) is 6.07 Å². The number of fused-ring (bicyclic) bond motifs is 1. The van der Waals surface area contributed by atoms with Gasteiger partial charge >= 0.3 is 0 Å². The number of phenols is 1. The number of phenolic OH excluding ortho intramolecular Hbond substituents is 1. The van der Waals surface area contributed by atoms with Crippen LogP contribution in [0.2, 0.25) is 0 Å². The first-order valence-corrected chi connectivity index (χ1v) is 6.58. The maximum absolute atomic E-state index is 13.2. The molecule has 0 amide bonds. The fourth-order valence-corrected chi connectivity index (χ4v) is 2.31. The van der Waals surface area contributed by atoms with Crippen molar-refractivity contribution in [1.82, 2.24) is 0 Å². The van der Waals surface area contributed by atoms with Crippen LogP contribution in [0.1, 0.15) is 5.56 Å². The first kappa shape index (κ1) is 11.3. The van der Waals surface area contributed by atoms with Gasteiger partial charge in [0.1, 0.15) is 0 Å². The van der Waals surface area contributed by atoms with E-state index in [0.717, 1.165) is 6.07 Å². The normalized spacial score (nSPS) is 14.1. The molecule has 5 nitrogen and oxygen atoms in total. The van der Waals surface area contributed by atoms with E-state index in [1.54, 1.807) is 0 Å². The highest BCUT2D eigenvalue weighted by Crippen LogP contribution is 2.43. The smallest absolute Gasteiger partial charge is 0.237 e. The summed E-state index contributed by atoms with van der Waals surface area (Å²) in [5.74, 6) is -2.47. The van der Waals surface area contributed by atoms with Crippen LogP contribution < -0.4 is 9.47 Å². The van der Waals surface area contributed by atoms with Gasteiger partial charge in [0.25, 0.3) is 0 Å². The van der Waals surface area contributed by atoms with Crippen LogP contribution in [0.5, 0.6) is 17.2 Å². The van der Waals surface area contributed by atoms with E-state index in [2.05, 4.69) is 0 Å². The third-order valence-corrected chi connectivity index (χ3v) is 2.96. The Bertz CT molecular complexity index is 542. The first-order chi connectivity index (χ1) is 7.38. The zero-order chi connectivity index (χ0) is 11.9. The number of ether oxygens (including phenoxy) is 2. The summed E-state index contributed by atoms with van der Waals surface area (Å²) >= 11 is 0. The maximum Gasteiger partial charge on any atom is 0.237 e. The monoisotopic (exact) mass is 268 g/mol. The molecule has 16 heavy (non-hydrogen) atoms. The van der Waals surface area contributed by atoms with Crippen LogP contribution in [0, 0.1) is 5.82 Å². The molecule has 0 unspecified atom stereocenters. The molecule has 2 rings (SSSR count). The van der Waals surface area contributed by atoms with Crippen molar-refractivity contribution in [3.05, 3.63) is 17.4 Å². The average Bonchev–Trinajstić information content (AvgIpc) is 2.58. The molecule has 0 radical (unpaired) electrons. The minimum Gasteiger partial charge on any atom is -0.505 e. The molecule has 0 atom stereocenters. The van der Waals surface area contributed by atoms with E-state index < -0.39 is 26.4 Å². The van der Waals surface area contributed by atoms with Crippen molar-refractivity contribution >= 4 is 19.7 Å². The highest BCUT2D eigenvalue weighted by molar-refractivity contribution is 8.13. The second-order valence-corrected chi connectivity index (χ2v) is 5.88. The Morgan fingerprint density at radius 1 is 1.50 bits per heavy atom. The molecule has 0 aliphatic carbocycles. The van der Waals surface area contributed by atoms with Gasteiger partial charge in [0.15, 0.2) is 23.1 Å². The van der Waals surface area contributed by atoms with E-state index in [1.807, 2.05) is 0 Å². The maximum atomic E-state index is 13.2. The van der Waals surface area contributed by atoms with Gasteiger partial charge in [-0.15, -0.1) is 0 Å². The predicted octanol–water partition coefficient (Wildman–Crippen LogP) is 1.33. The Hall–Kier alpha value is -1.21. The molecule has 8 heteroatoms. The van der Waals surface area contributed by atoms with Crippen LogP contribution in [-0.4, -0.2) is 20.3 Å². The third kappa shape index (κ3) is 2.00. The number of hydrogen-bond donors (Lipinski definition) is 1.